The number of hydrogen-bond donors (Lipinski definition) is 3. The Kier molecular flexibility index (Phi) is 4.34. The van der Waals surface area contributed by atoms with E-state index < -0.39 is 0 Å². The van der Waals surface area contributed by atoms with E-state index >= 15 is 0 Å². The van der Waals surface area contributed by atoms with Crippen LogP contribution in [0.1, 0.15) is 30.1 Å². The molecule has 1 aliphatic rings. The van der Waals surface area contributed by atoms with Gasteiger partial charge in [-0.2, -0.15) is 0 Å². The van der Waals surface area contributed by atoms with Gasteiger partial charge in [-0.25, -0.2) is 10.8 Å². The summed E-state index contributed by atoms with van der Waals surface area (Å²) in [5.41, 5.74) is 3.10. The summed E-state index contributed by atoms with van der Waals surface area (Å²) in [5.74, 6) is 5.64. The maximum atomic E-state index is 12.1. The highest BCUT2D eigenvalue weighted by Gasteiger charge is 2.27. The van der Waals surface area contributed by atoms with Crippen LogP contribution in [0.3, 0.4) is 0 Å². The Hall–Kier alpha value is -1.66. The van der Waals surface area contributed by atoms with E-state index in [0.29, 0.717) is 17.9 Å². The van der Waals surface area contributed by atoms with Gasteiger partial charge in [-0.05, 0) is 30.4 Å². The Balaban J connectivity index is 1.93. The fraction of sp³-hybridized carbons (Fsp3) is 0.538. The molecular weight excluding hydrogens is 244 g/mol. The second-order valence-electron chi connectivity index (χ2n) is 5.18. The molecule has 2 rings (SSSR count). The van der Waals surface area contributed by atoms with Crippen LogP contribution < -0.4 is 16.6 Å². The van der Waals surface area contributed by atoms with Gasteiger partial charge in [-0.3, -0.25) is 4.79 Å². The van der Waals surface area contributed by atoms with Crippen LogP contribution in [0.25, 0.3) is 0 Å². The Bertz CT molecular complexity index is 444. The van der Waals surface area contributed by atoms with E-state index in [-0.39, 0.29) is 11.3 Å². The molecule has 104 valence electrons. The average molecular weight is 264 g/mol. The molecule has 1 amide bonds. The van der Waals surface area contributed by atoms with E-state index in [9.17, 15) is 4.79 Å². The van der Waals surface area contributed by atoms with Gasteiger partial charge in [0.15, 0.2) is 0 Å². The first kappa shape index (κ1) is 13.8. The molecule has 6 heteroatoms. The number of nitrogens with zero attached hydrogens (tertiary/aromatic N) is 1. The van der Waals surface area contributed by atoms with Gasteiger partial charge >= 0.3 is 0 Å². The van der Waals surface area contributed by atoms with Crippen LogP contribution in [-0.2, 0) is 4.74 Å². The van der Waals surface area contributed by atoms with Crippen LogP contribution in [0, 0.1) is 5.41 Å². The van der Waals surface area contributed by atoms with E-state index in [2.05, 4.69) is 22.7 Å². The summed E-state index contributed by atoms with van der Waals surface area (Å²) in [6.07, 6.45) is 3.50. The monoisotopic (exact) mass is 264 g/mol. The standard InChI is InChI=1S/C13H20N4O2/c1-13(3-6-19-7-4-13)9-16-12(18)10-2-5-15-11(8-10)17-14/h2,5,8H,3-4,6-7,9,14H2,1H3,(H,15,17)(H,16,18). The lowest BCUT2D eigenvalue weighted by atomic mass is 9.82. The summed E-state index contributed by atoms with van der Waals surface area (Å²) in [7, 11) is 0. The normalized spacial score (nSPS) is 17.8. The molecule has 1 aromatic rings. The van der Waals surface area contributed by atoms with Gasteiger partial charge in [-0.15, -0.1) is 0 Å². The molecule has 1 aliphatic heterocycles. The summed E-state index contributed by atoms with van der Waals surface area (Å²) in [4.78, 5) is 16.0. The number of pyridine rings is 1. The molecule has 0 saturated carbocycles. The lowest BCUT2D eigenvalue weighted by Crippen LogP contribution is -2.39. The van der Waals surface area contributed by atoms with Crippen LogP contribution in [0.15, 0.2) is 18.3 Å². The molecule has 0 unspecified atom stereocenters. The molecule has 0 aliphatic carbocycles. The highest BCUT2D eigenvalue weighted by molar-refractivity contribution is 5.94. The molecule has 1 saturated heterocycles. The number of nitrogens with two attached hydrogens (primary N) is 1. The summed E-state index contributed by atoms with van der Waals surface area (Å²) in [6.45, 7) is 4.36. The highest BCUT2D eigenvalue weighted by Crippen LogP contribution is 2.28. The van der Waals surface area contributed by atoms with Gasteiger partial charge in [0.25, 0.3) is 5.91 Å². The van der Waals surface area contributed by atoms with Crippen LogP contribution >= 0.6 is 0 Å². The molecule has 1 aromatic heterocycles. The number of nitrogen functional groups attached to an aromatic ring is 1. The van der Waals surface area contributed by atoms with Crippen LogP contribution in [0.5, 0.6) is 0 Å². The number of nitrogens with one attached hydrogen (secondary N) is 2. The van der Waals surface area contributed by atoms with Gasteiger partial charge in [0, 0.05) is 31.5 Å². The van der Waals surface area contributed by atoms with Gasteiger partial charge in [-0.1, -0.05) is 6.92 Å². The Morgan fingerprint density at radius 1 is 1.53 bits per heavy atom. The first-order chi connectivity index (χ1) is 9.13. The predicted octanol–water partition coefficient (Wildman–Crippen LogP) is 0.914. The number of aromatic nitrogens is 1. The van der Waals surface area contributed by atoms with E-state index in [1.165, 1.54) is 0 Å². The number of carbonyl (C=O) groups excluding carboxylic acids is 1. The number of ether oxygens (including phenoxy) is 1. The minimum atomic E-state index is -0.105. The maximum absolute atomic E-state index is 12.1. The third-order valence-corrected chi connectivity index (χ3v) is 3.55. The number of rotatable bonds is 4. The van der Waals surface area contributed by atoms with E-state index in [1.807, 2.05) is 0 Å². The van der Waals surface area contributed by atoms with Gasteiger partial charge in [0.2, 0.25) is 0 Å². The van der Waals surface area contributed by atoms with Crippen molar-refractivity contribution in [2.24, 2.45) is 11.3 Å². The largest absolute Gasteiger partial charge is 0.381 e. The zero-order chi connectivity index (χ0) is 13.7. The predicted molar refractivity (Wildman–Crippen MR) is 72.5 cm³/mol. The number of hydrazine groups is 1. The fourth-order valence-electron chi connectivity index (χ4n) is 2.09. The Morgan fingerprint density at radius 2 is 2.26 bits per heavy atom. The van der Waals surface area contributed by atoms with Crippen molar-refractivity contribution in [2.75, 3.05) is 25.2 Å². The molecule has 4 N–H and O–H groups in total. The number of carbonyl (C=O) groups is 1. The number of anilines is 1. The Labute approximate surface area is 112 Å². The molecule has 19 heavy (non-hydrogen) atoms. The molecule has 0 bridgehead atoms. The molecule has 2 heterocycles. The summed E-state index contributed by atoms with van der Waals surface area (Å²) < 4.78 is 5.34. The third-order valence-electron chi connectivity index (χ3n) is 3.55. The van der Waals surface area contributed by atoms with Gasteiger partial charge in [0.1, 0.15) is 5.82 Å². The molecule has 0 aromatic carbocycles. The first-order valence-corrected chi connectivity index (χ1v) is 6.42. The third kappa shape index (κ3) is 3.65. The van der Waals surface area contributed by atoms with Gasteiger partial charge < -0.3 is 15.5 Å². The minimum absolute atomic E-state index is 0.105. The molecule has 0 atom stereocenters. The lowest BCUT2D eigenvalue weighted by Gasteiger charge is -2.33. The summed E-state index contributed by atoms with van der Waals surface area (Å²) in [6, 6.07) is 3.30. The smallest absolute Gasteiger partial charge is 0.251 e. The van der Waals surface area contributed by atoms with Crippen molar-refractivity contribution in [3.05, 3.63) is 23.9 Å². The van der Waals surface area contributed by atoms with Crippen molar-refractivity contribution in [1.82, 2.24) is 10.3 Å². The number of amides is 1. The molecule has 0 spiro atoms. The van der Waals surface area contributed by atoms with Gasteiger partial charge in [0.05, 0.1) is 0 Å². The maximum Gasteiger partial charge on any atom is 0.251 e. The molecule has 0 radical (unpaired) electrons. The Morgan fingerprint density at radius 3 is 2.95 bits per heavy atom. The van der Waals surface area contributed by atoms with Crippen molar-refractivity contribution in [2.45, 2.75) is 19.8 Å². The van der Waals surface area contributed by atoms with Crippen molar-refractivity contribution in [3.63, 3.8) is 0 Å². The zero-order valence-corrected chi connectivity index (χ0v) is 11.1. The summed E-state index contributed by atoms with van der Waals surface area (Å²) >= 11 is 0. The van der Waals surface area contributed by atoms with Crippen LogP contribution in [-0.4, -0.2) is 30.6 Å². The van der Waals surface area contributed by atoms with Crippen LogP contribution in [0.2, 0.25) is 0 Å². The van der Waals surface area contributed by atoms with Crippen molar-refractivity contribution in [3.8, 4) is 0 Å². The lowest BCUT2D eigenvalue weighted by molar-refractivity contribution is 0.0238. The van der Waals surface area contributed by atoms with E-state index in [4.69, 9.17) is 10.6 Å². The average Bonchev–Trinajstić information content (AvgIpc) is 2.46. The quantitative estimate of drug-likeness (QED) is 0.555. The first-order valence-electron chi connectivity index (χ1n) is 6.42. The second-order valence-corrected chi connectivity index (χ2v) is 5.18. The minimum Gasteiger partial charge on any atom is -0.381 e. The zero-order valence-electron chi connectivity index (χ0n) is 11.1. The number of hydrogen-bond acceptors (Lipinski definition) is 5. The van der Waals surface area contributed by atoms with E-state index in [0.717, 1.165) is 26.1 Å². The van der Waals surface area contributed by atoms with Crippen molar-refractivity contribution >= 4 is 11.7 Å². The summed E-state index contributed by atoms with van der Waals surface area (Å²) in [5, 5.41) is 2.97. The SMILES string of the molecule is CC1(CNC(=O)c2ccnc(NN)c2)CCOCC1. The molecular formula is C13H20N4O2. The van der Waals surface area contributed by atoms with Crippen molar-refractivity contribution in [1.29, 1.82) is 0 Å². The molecule has 6 nitrogen and oxygen atoms in total. The fourth-order valence-corrected chi connectivity index (χ4v) is 2.09. The van der Waals surface area contributed by atoms with E-state index in [1.54, 1.807) is 18.3 Å². The van der Waals surface area contributed by atoms with Crippen LogP contribution in [0.4, 0.5) is 5.82 Å². The molecule has 1 fully saturated rings. The van der Waals surface area contributed by atoms with Crippen molar-refractivity contribution < 1.29 is 9.53 Å². The second kappa shape index (κ2) is 5.99. The topological polar surface area (TPSA) is 89.3 Å². The highest BCUT2D eigenvalue weighted by atomic mass is 16.5.